The van der Waals surface area contributed by atoms with Crippen molar-refractivity contribution in [2.24, 2.45) is 15.3 Å². The predicted molar refractivity (Wildman–Crippen MR) is 176 cm³/mol. The molecule has 5 aromatic rings. The third kappa shape index (κ3) is 6.05. The van der Waals surface area contributed by atoms with Crippen LogP contribution >= 0.6 is 0 Å². The van der Waals surface area contributed by atoms with E-state index >= 15 is 0 Å². The molecule has 0 saturated carbocycles. The van der Waals surface area contributed by atoms with Gasteiger partial charge in [-0.1, -0.05) is 72.8 Å². The Hall–Kier alpha value is -5.54. The van der Waals surface area contributed by atoms with Crippen molar-refractivity contribution in [3.63, 3.8) is 0 Å². The zero-order valence-electron chi connectivity index (χ0n) is 23.6. The fraction of sp³-hybridized carbons (Fsp3) is 0. The molecule has 230 valence electrons. The third-order valence-electron chi connectivity index (χ3n) is 7.18. The molecular weight excluding hydrogens is 631 g/mol. The highest BCUT2D eigenvalue weighted by atomic mass is 32.2. The number of nitrogen functional groups attached to an aromatic ring is 1. The van der Waals surface area contributed by atoms with Gasteiger partial charge in [0.2, 0.25) is 5.78 Å². The molecule has 0 amide bonds. The van der Waals surface area contributed by atoms with Crippen LogP contribution in [0.25, 0.3) is 26.8 Å². The average Bonchev–Trinajstić information content (AvgIpc) is 3.04. The number of ketones is 1. The second kappa shape index (κ2) is 11.8. The van der Waals surface area contributed by atoms with Crippen LogP contribution in [-0.4, -0.2) is 37.4 Å². The molecule has 0 radical (unpaired) electrons. The lowest BCUT2D eigenvalue weighted by atomic mass is 9.95. The fourth-order valence-corrected chi connectivity index (χ4v) is 6.37. The quantitative estimate of drug-likeness (QED) is 0.0642. The summed E-state index contributed by atoms with van der Waals surface area (Å²) in [7, 11) is -9.14. The van der Waals surface area contributed by atoms with E-state index in [1.165, 1.54) is 18.2 Å². The molecule has 12 nitrogen and oxygen atoms in total. The van der Waals surface area contributed by atoms with Gasteiger partial charge in [-0.3, -0.25) is 19.3 Å². The van der Waals surface area contributed by atoms with Gasteiger partial charge < -0.3 is 5.73 Å². The fourth-order valence-electron chi connectivity index (χ4n) is 4.94. The number of rotatable bonds is 7. The normalized spacial score (nSPS) is 14.4. The van der Waals surface area contributed by atoms with Crippen LogP contribution in [0.3, 0.4) is 0 Å². The van der Waals surface area contributed by atoms with Gasteiger partial charge in [-0.05, 0) is 47.5 Å². The third-order valence-corrected chi connectivity index (χ3v) is 8.97. The molecular formula is C32H23N5O7S2. The summed E-state index contributed by atoms with van der Waals surface area (Å²) in [5, 5.41) is 13.1. The molecule has 0 aliphatic heterocycles. The molecule has 1 aliphatic rings. The standard InChI is InChI=1S/C32H23N5O7S2/c33-31-25-7-3-1-5-23(25)29(45(39,40)41)17-27(31)36-34-21-13-9-19(10-14-21)20-11-15-22(16-12-20)35-37-28-18-30(46(42,43)44)24-6-2-4-8-26(24)32(28)38/h1-18,35H,33H2,(H,39,40,41)(H,42,43,44)/b36-34?,37-28-. The number of benzene rings is 5. The molecule has 0 fully saturated rings. The highest BCUT2D eigenvalue weighted by Crippen LogP contribution is 2.37. The Bertz CT molecular complexity index is 2350. The number of carbonyl (C=O) groups is 1. The molecule has 0 bridgehead atoms. The lowest BCUT2D eigenvalue weighted by molar-refractivity contribution is 0.106. The molecule has 5 aromatic carbocycles. The first kappa shape index (κ1) is 30.5. The Labute approximate surface area is 263 Å². The SMILES string of the molecule is Nc1c(N=Nc2ccc(-c3ccc(N/N=C4/C=C(S(=O)(=O)O)c5ccccc5C4=O)cc3)cc2)cc(S(=O)(=O)O)c2ccccc12. The topological polar surface area (TPSA) is 201 Å². The summed E-state index contributed by atoms with van der Waals surface area (Å²) in [6, 6.07) is 27.8. The number of azo groups is 1. The van der Waals surface area contributed by atoms with Crippen molar-refractivity contribution in [2.45, 2.75) is 4.90 Å². The first-order valence-corrected chi connectivity index (χ1v) is 16.4. The number of fused-ring (bicyclic) bond motifs is 2. The van der Waals surface area contributed by atoms with E-state index in [9.17, 15) is 30.7 Å². The Morgan fingerprint density at radius 3 is 1.89 bits per heavy atom. The van der Waals surface area contributed by atoms with Crippen LogP contribution in [0.5, 0.6) is 0 Å². The molecule has 46 heavy (non-hydrogen) atoms. The number of hydrazone groups is 1. The van der Waals surface area contributed by atoms with Crippen molar-refractivity contribution in [3.05, 3.63) is 120 Å². The van der Waals surface area contributed by atoms with Crippen molar-refractivity contribution in [3.8, 4) is 11.1 Å². The van der Waals surface area contributed by atoms with E-state index in [0.717, 1.165) is 17.2 Å². The van der Waals surface area contributed by atoms with Gasteiger partial charge in [-0.15, -0.1) is 5.11 Å². The van der Waals surface area contributed by atoms with Crippen LogP contribution in [0, 0.1) is 0 Å². The predicted octanol–water partition coefficient (Wildman–Crippen LogP) is 6.64. The lowest BCUT2D eigenvalue weighted by Crippen LogP contribution is -2.22. The molecule has 0 saturated heterocycles. The molecule has 0 unspecified atom stereocenters. The summed E-state index contributed by atoms with van der Waals surface area (Å²) in [6.07, 6.45) is 1.03. The average molecular weight is 654 g/mol. The first-order chi connectivity index (χ1) is 21.9. The Kier molecular flexibility index (Phi) is 7.79. The van der Waals surface area contributed by atoms with Gasteiger partial charge in [0.1, 0.15) is 21.2 Å². The summed E-state index contributed by atoms with van der Waals surface area (Å²) >= 11 is 0. The molecule has 14 heteroatoms. The minimum absolute atomic E-state index is 0.0888. The molecule has 0 heterocycles. The number of nitrogens with zero attached hydrogens (tertiary/aromatic N) is 3. The largest absolute Gasteiger partial charge is 0.396 e. The molecule has 0 atom stereocenters. The molecule has 5 N–H and O–H groups in total. The van der Waals surface area contributed by atoms with Crippen LogP contribution in [0.4, 0.5) is 22.7 Å². The van der Waals surface area contributed by atoms with E-state index in [4.69, 9.17) is 5.73 Å². The van der Waals surface area contributed by atoms with E-state index < -0.39 is 30.9 Å². The molecule has 0 aromatic heterocycles. The van der Waals surface area contributed by atoms with Crippen molar-refractivity contribution in [1.82, 2.24) is 0 Å². The maximum Gasteiger partial charge on any atom is 0.295 e. The molecule has 6 rings (SSSR count). The number of carbonyl (C=O) groups excluding carboxylic acids is 1. The molecule has 1 aliphatic carbocycles. The van der Waals surface area contributed by atoms with Crippen molar-refractivity contribution in [2.75, 3.05) is 11.2 Å². The van der Waals surface area contributed by atoms with E-state index in [2.05, 4.69) is 20.8 Å². The van der Waals surface area contributed by atoms with Crippen molar-refractivity contribution in [1.29, 1.82) is 0 Å². The smallest absolute Gasteiger partial charge is 0.295 e. The Morgan fingerprint density at radius 1 is 0.674 bits per heavy atom. The van der Waals surface area contributed by atoms with Gasteiger partial charge in [0, 0.05) is 21.9 Å². The van der Waals surface area contributed by atoms with E-state index in [1.807, 2.05) is 24.3 Å². The second-order valence-corrected chi connectivity index (χ2v) is 12.9. The minimum Gasteiger partial charge on any atom is -0.396 e. The van der Waals surface area contributed by atoms with Gasteiger partial charge in [0.25, 0.3) is 20.2 Å². The highest BCUT2D eigenvalue weighted by Gasteiger charge is 2.30. The van der Waals surface area contributed by atoms with Crippen LogP contribution in [-0.2, 0) is 20.2 Å². The number of anilines is 2. The van der Waals surface area contributed by atoms with E-state index in [0.29, 0.717) is 16.8 Å². The van der Waals surface area contributed by atoms with E-state index in [-0.39, 0.29) is 38.5 Å². The van der Waals surface area contributed by atoms with Crippen LogP contribution in [0.15, 0.2) is 129 Å². The van der Waals surface area contributed by atoms with Crippen molar-refractivity contribution >= 4 is 70.2 Å². The molecule has 0 spiro atoms. The summed E-state index contributed by atoms with van der Waals surface area (Å²) < 4.78 is 67.2. The summed E-state index contributed by atoms with van der Waals surface area (Å²) in [4.78, 5) is 12.2. The van der Waals surface area contributed by atoms with Gasteiger partial charge >= 0.3 is 0 Å². The summed E-state index contributed by atoms with van der Waals surface area (Å²) in [5.74, 6) is -0.494. The highest BCUT2D eigenvalue weighted by molar-refractivity contribution is 7.95. The van der Waals surface area contributed by atoms with Crippen LogP contribution in [0.2, 0.25) is 0 Å². The zero-order valence-corrected chi connectivity index (χ0v) is 25.2. The summed E-state index contributed by atoms with van der Waals surface area (Å²) in [5.41, 5.74) is 12.0. The first-order valence-electron chi connectivity index (χ1n) is 13.5. The zero-order chi connectivity index (χ0) is 32.6. The van der Waals surface area contributed by atoms with Gasteiger partial charge in [-0.25, -0.2) is 0 Å². The number of hydrogen-bond acceptors (Lipinski definition) is 10. The second-order valence-electron chi connectivity index (χ2n) is 10.1. The monoisotopic (exact) mass is 653 g/mol. The number of Topliss-reactive ketones (excluding diaryl/α,β-unsaturated/α-hetero) is 1. The van der Waals surface area contributed by atoms with Gasteiger partial charge in [0.05, 0.1) is 17.1 Å². The number of hydrogen-bond donors (Lipinski definition) is 4. The Balaban J connectivity index is 1.19. The van der Waals surface area contributed by atoms with Crippen LogP contribution < -0.4 is 11.2 Å². The number of nitrogens with one attached hydrogen (secondary N) is 1. The maximum atomic E-state index is 12.9. The maximum absolute atomic E-state index is 12.9. The number of nitrogens with two attached hydrogens (primary N) is 1. The summed E-state index contributed by atoms with van der Waals surface area (Å²) in [6.45, 7) is 0. The van der Waals surface area contributed by atoms with E-state index in [1.54, 1.807) is 60.7 Å². The van der Waals surface area contributed by atoms with Gasteiger partial charge in [0.15, 0.2) is 0 Å². The van der Waals surface area contributed by atoms with Crippen LogP contribution in [0.1, 0.15) is 15.9 Å². The Morgan fingerprint density at radius 2 is 1.26 bits per heavy atom. The van der Waals surface area contributed by atoms with Crippen molar-refractivity contribution < 1.29 is 30.7 Å². The number of allylic oxidation sites excluding steroid dienone is 1. The van der Waals surface area contributed by atoms with Gasteiger partial charge in [-0.2, -0.15) is 27.1 Å². The lowest BCUT2D eigenvalue weighted by Gasteiger charge is -2.16. The minimum atomic E-state index is -4.60.